The maximum atomic E-state index is 15.0. The van der Waals surface area contributed by atoms with Crippen LogP contribution in [0.15, 0.2) is 41.3 Å². The Labute approximate surface area is 227 Å². The number of carbonyl (C=O) groups excluding carboxylic acids is 2. The zero-order valence-corrected chi connectivity index (χ0v) is 22.3. The molecule has 40 heavy (non-hydrogen) atoms. The Morgan fingerprint density at radius 2 is 1.77 bits per heavy atom. The Morgan fingerprint density at radius 1 is 1.10 bits per heavy atom. The Hall–Kier alpha value is -3.06. The van der Waals surface area contributed by atoms with Crippen LogP contribution in [-0.2, 0) is 20.8 Å². The number of amides is 2. The topological polar surface area (TPSA) is 104 Å². The minimum atomic E-state index is -5.12. The number of halogens is 5. The van der Waals surface area contributed by atoms with Gasteiger partial charge in [-0.15, -0.1) is 0 Å². The van der Waals surface area contributed by atoms with E-state index in [1.165, 1.54) is 36.1 Å². The molecule has 0 spiro atoms. The van der Waals surface area contributed by atoms with Crippen molar-refractivity contribution in [3.8, 4) is 0 Å². The lowest BCUT2D eigenvalue weighted by atomic mass is 9.67. The van der Waals surface area contributed by atoms with Gasteiger partial charge in [0.1, 0.15) is 17.7 Å². The van der Waals surface area contributed by atoms with Gasteiger partial charge in [0, 0.05) is 23.4 Å². The van der Waals surface area contributed by atoms with Crippen molar-refractivity contribution >= 4 is 21.7 Å². The van der Waals surface area contributed by atoms with Gasteiger partial charge in [-0.25, -0.2) is 17.2 Å². The molecule has 1 saturated heterocycles. The summed E-state index contributed by atoms with van der Waals surface area (Å²) in [6, 6.07) is 3.36. The van der Waals surface area contributed by atoms with Gasteiger partial charge in [0.05, 0.1) is 22.1 Å². The highest BCUT2D eigenvalue weighted by Crippen LogP contribution is 2.50. The zero-order valence-electron chi connectivity index (χ0n) is 21.5. The molecule has 0 bridgehead atoms. The number of sulfone groups is 1. The number of hydrogen-bond donors (Lipinski definition) is 2. The molecule has 2 aliphatic carbocycles. The van der Waals surface area contributed by atoms with E-state index in [-0.39, 0.29) is 47.7 Å². The minimum Gasteiger partial charge on any atom is -0.390 e. The smallest absolute Gasteiger partial charge is 0.390 e. The summed E-state index contributed by atoms with van der Waals surface area (Å²) >= 11 is 0. The number of piperidine rings is 1. The molecule has 2 saturated carbocycles. The van der Waals surface area contributed by atoms with Crippen LogP contribution in [0.1, 0.15) is 60.1 Å². The van der Waals surface area contributed by atoms with E-state index in [0.717, 1.165) is 6.26 Å². The monoisotopic (exact) mass is 586 g/mol. The molecule has 13 heteroatoms. The normalized spacial score (nSPS) is 28.4. The van der Waals surface area contributed by atoms with Crippen molar-refractivity contribution < 1.29 is 45.1 Å². The third kappa shape index (κ3) is 5.32. The summed E-state index contributed by atoms with van der Waals surface area (Å²) in [5.41, 5.74) is -3.34. The quantitative estimate of drug-likeness (QED) is 0.498. The standard InChI is InChI=1S/C27H27F5N2O5S/c1-26(37)11-15(12-26)23(17-9-20(29)18(10-19(17)28)27(30,31)32)33-24(35)22-8-14-7-21(14)34(22)25(36)13-4-3-5-16(6-13)40(2,38)39/h3-6,9-10,14-15,21-23,37H,7-8,11-12H2,1-2H3,(H,33,35)/t14-,15?,21-,22-,23-,26?/m1/s1. The molecule has 4 atom stereocenters. The summed E-state index contributed by atoms with van der Waals surface area (Å²) in [7, 11) is -3.60. The fraction of sp³-hybridized carbons (Fsp3) is 0.481. The predicted octanol–water partition coefficient (Wildman–Crippen LogP) is 4.01. The molecule has 2 amide bonds. The molecule has 5 rings (SSSR count). The third-order valence-corrected chi connectivity index (χ3v) is 9.16. The molecule has 216 valence electrons. The Kier molecular flexibility index (Phi) is 6.77. The van der Waals surface area contributed by atoms with E-state index in [9.17, 15) is 45.1 Å². The number of aliphatic hydroxyl groups is 1. The van der Waals surface area contributed by atoms with E-state index in [0.29, 0.717) is 12.5 Å². The highest BCUT2D eigenvalue weighted by molar-refractivity contribution is 7.90. The van der Waals surface area contributed by atoms with E-state index < -0.39 is 74.2 Å². The van der Waals surface area contributed by atoms with E-state index in [1.54, 1.807) is 0 Å². The van der Waals surface area contributed by atoms with Crippen LogP contribution >= 0.6 is 0 Å². The van der Waals surface area contributed by atoms with E-state index in [1.807, 2.05) is 0 Å². The summed E-state index contributed by atoms with van der Waals surface area (Å²) < 4.78 is 92.8. The van der Waals surface area contributed by atoms with Crippen molar-refractivity contribution in [1.82, 2.24) is 10.2 Å². The fourth-order valence-electron chi connectivity index (χ4n) is 6.01. The van der Waals surface area contributed by atoms with Crippen LogP contribution in [0, 0.1) is 23.5 Å². The summed E-state index contributed by atoms with van der Waals surface area (Å²) in [6.45, 7) is 1.52. The maximum Gasteiger partial charge on any atom is 0.419 e. The Balaban J connectivity index is 1.43. The molecule has 1 aliphatic heterocycles. The number of nitrogens with zero attached hydrogens (tertiary/aromatic N) is 1. The molecule has 7 nitrogen and oxygen atoms in total. The largest absolute Gasteiger partial charge is 0.419 e. The molecule has 3 fully saturated rings. The highest BCUT2D eigenvalue weighted by Gasteiger charge is 2.57. The molecular weight excluding hydrogens is 559 g/mol. The van der Waals surface area contributed by atoms with Crippen molar-refractivity contribution in [3.05, 3.63) is 64.7 Å². The summed E-state index contributed by atoms with van der Waals surface area (Å²) in [5.74, 6) is -4.89. The minimum absolute atomic E-state index is 0.0286. The lowest BCUT2D eigenvalue weighted by Crippen LogP contribution is -2.52. The number of fused-ring (bicyclic) bond motifs is 1. The van der Waals surface area contributed by atoms with E-state index in [4.69, 9.17) is 0 Å². The first-order chi connectivity index (χ1) is 18.5. The van der Waals surface area contributed by atoms with Crippen molar-refractivity contribution in [3.63, 3.8) is 0 Å². The van der Waals surface area contributed by atoms with Gasteiger partial charge in [0.25, 0.3) is 5.91 Å². The van der Waals surface area contributed by atoms with Gasteiger partial charge < -0.3 is 15.3 Å². The van der Waals surface area contributed by atoms with Crippen LogP contribution in [0.2, 0.25) is 0 Å². The van der Waals surface area contributed by atoms with Crippen LogP contribution in [0.4, 0.5) is 22.0 Å². The molecular formula is C27H27F5N2O5S. The van der Waals surface area contributed by atoms with E-state index >= 15 is 0 Å². The summed E-state index contributed by atoms with van der Waals surface area (Å²) in [5, 5.41) is 12.9. The fourth-order valence-corrected chi connectivity index (χ4v) is 6.68. The van der Waals surface area contributed by atoms with Gasteiger partial charge in [0.15, 0.2) is 9.84 Å². The van der Waals surface area contributed by atoms with Crippen molar-refractivity contribution in [2.75, 3.05) is 6.26 Å². The molecule has 3 aliphatic rings. The number of carbonyl (C=O) groups is 2. The Morgan fingerprint density at radius 3 is 2.38 bits per heavy atom. The third-order valence-electron chi connectivity index (χ3n) is 8.05. The number of hydrogen-bond acceptors (Lipinski definition) is 5. The van der Waals surface area contributed by atoms with Crippen LogP contribution in [-0.4, -0.2) is 54.2 Å². The van der Waals surface area contributed by atoms with Crippen LogP contribution < -0.4 is 5.32 Å². The lowest BCUT2D eigenvalue weighted by molar-refractivity contribution is -0.140. The zero-order chi connectivity index (χ0) is 29.4. The average Bonchev–Trinajstić information content (AvgIpc) is 3.50. The van der Waals surface area contributed by atoms with Crippen LogP contribution in [0.5, 0.6) is 0 Å². The van der Waals surface area contributed by atoms with Crippen LogP contribution in [0.3, 0.4) is 0 Å². The van der Waals surface area contributed by atoms with Gasteiger partial charge >= 0.3 is 6.18 Å². The number of likely N-dealkylation sites (tertiary alicyclic amines) is 1. The summed E-state index contributed by atoms with van der Waals surface area (Å²) in [4.78, 5) is 28.3. The molecule has 0 radical (unpaired) electrons. The van der Waals surface area contributed by atoms with Crippen LogP contribution in [0.25, 0.3) is 0 Å². The molecule has 2 aromatic carbocycles. The van der Waals surface area contributed by atoms with Gasteiger partial charge in [-0.2, -0.15) is 13.2 Å². The number of alkyl halides is 3. The number of nitrogens with one attached hydrogen (secondary N) is 1. The SMILES string of the molecule is CC1(O)CC([C@@H](NC(=O)[C@H]2C[C@H]3C[C@H]3N2C(=O)c2cccc(S(C)(=O)=O)c2)c2cc(F)c(C(F)(F)F)cc2F)C1. The number of benzene rings is 2. The van der Waals surface area contributed by atoms with Crippen molar-refractivity contribution in [2.45, 2.75) is 67.4 Å². The highest BCUT2D eigenvalue weighted by atomic mass is 32.2. The Bertz CT molecular complexity index is 1480. The lowest BCUT2D eigenvalue weighted by Gasteiger charge is -2.45. The molecule has 0 unspecified atom stereocenters. The van der Waals surface area contributed by atoms with Crippen molar-refractivity contribution in [1.29, 1.82) is 0 Å². The first-order valence-electron chi connectivity index (χ1n) is 12.7. The predicted molar refractivity (Wildman–Crippen MR) is 132 cm³/mol. The first-order valence-corrected chi connectivity index (χ1v) is 14.6. The molecule has 2 aromatic rings. The van der Waals surface area contributed by atoms with Gasteiger partial charge in [0.2, 0.25) is 5.91 Å². The number of rotatable bonds is 6. The maximum absolute atomic E-state index is 15.0. The second-order valence-electron chi connectivity index (χ2n) is 11.3. The molecule has 1 heterocycles. The van der Waals surface area contributed by atoms with E-state index in [2.05, 4.69) is 5.32 Å². The second-order valence-corrected chi connectivity index (χ2v) is 13.3. The first kappa shape index (κ1) is 28.5. The average molecular weight is 587 g/mol. The second kappa shape index (κ2) is 9.51. The van der Waals surface area contributed by atoms with Gasteiger partial charge in [-0.1, -0.05) is 6.07 Å². The van der Waals surface area contributed by atoms with Gasteiger partial charge in [-0.05, 0) is 74.8 Å². The summed E-state index contributed by atoms with van der Waals surface area (Å²) in [6.07, 6.45) is -3.03. The van der Waals surface area contributed by atoms with Crippen molar-refractivity contribution in [2.24, 2.45) is 11.8 Å². The molecule has 0 aromatic heterocycles. The molecule has 2 N–H and O–H groups in total. The van der Waals surface area contributed by atoms with Gasteiger partial charge in [-0.3, -0.25) is 9.59 Å².